The SMILES string of the molecule is C=CCc1cc(/C=C2\C(=O)NC(=O)N(c3ccc(C(=O)OC)cc3)C2=O)cc(OC)c1OC. The first-order valence-corrected chi connectivity index (χ1v) is 9.80. The summed E-state index contributed by atoms with van der Waals surface area (Å²) in [5.41, 5.74) is 1.43. The molecule has 2 aromatic carbocycles. The van der Waals surface area contributed by atoms with Crippen LogP contribution < -0.4 is 19.7 Å². The maximum absolute atomic E-state index is 13.1. The third-order valence-electron chi connectivity index (χ3n) is 4.90. The number of carbonyl (C=O) groups excluding carboxylic acids is 4. The third-order valence-corrected chi connectivity index (χ3v) is 4.90. The van der Waals surface area contributed by atoms with E-state index < -0.39 is 23.8 Å². The summed E-state index contributed by atoms with van der Waals surface area (Å²) >= 11 is 0. The van der Waals surface area contributed by atoms with Crippen LogP contribution in [-0.4, -0.2) is 45.1 Å². The van der Waals surface area contributed by atoms with Gasteiger partial charge in [0.05, 0.1) is 32.6 Å². The molecule has 1 fully saturated rings. The van der Waals surface area contributed by atoms with Gasteiger partial charge >= 0.3 is 12.0 Å². The Labute approximate surface area is 190 Å². The van der Waals surface area contributed by atoms with Gasteiger partial charge in [-0.05, 0) is 54.5 Å². The molecule has 0 atom stereocenters. The average molecular weight is 450 g/mol. The van der Waals surface area contributed by atoms with E-state index in [1.807, 2.05) is 0 Å². The molecule has 0 radical (unpaired) electrons. The first-order valence-electron chi connectivity index (χ1n) is 9.80. The Kier molecular flexibility index (Phi) is 6.92. The quantitative estimate of drug-likeness (QED) is 0.299. The Morgan fingerprint density at radius 1 is 1.06 bits per heavy atom. The lowest BCUT2D eigenvalue weighted by Crippen LogP contribution is -2.54. The number of esters is 1. The molecule has 1 aliphatic heterocycles. The van der Waals surface area contributed by atoms with Crippen LogP contribution >= 0.6 is 0 Å². The molecule has 0 bridgehead atoms. The molecule has 0 aliphatic carbocycles. The van der Waals surface area contributed by atoms with Crippen molar-refractivity contribution in [2.24, 2.45) is 0 Å². The van der Waals surface area contributed by atoms with Gasteiger partial charge in [-0.25, -0.2) is 14.5 Å². The van der Waals surface area contributed by atoms with Crippen LogP contribution in [0.4, 0.5) is 10.5 Å². The van der Waals surface area contributed by atoms with Crippen molar-refractivity contribution in [3.8, 4) is 11.5 Å². The zero-order valence-corrected chi connectivity index (χ0v) is 18.3. The summed E-state index contributed by atoms with van der Waals surface area (Å²) < 4.78 is 15.4. The van der Waals surface area contributed by atoms with Crippen molar-refractivity contribution in [3.63, 3.8) is 0 Å². The second kappa shape index (κ2) is 9.82. The zero-order valence-electron chi connectivity index (χ0n) is 18.3. The van der Waals surface area contributed by atoms with Crippen LogP contribution in [0.1, 0.15) is 21.5 Å². The summed E-state index contributed by atoms with van der Waals surface area (Å²) in [6.45, 7) is 3.73. The average Bonchev–Trinajstić information content (AvgIpc) is 2.81. The van der Waals surface area contributed by atoms with Crippen LogP contribution in [0.15, 0.2) is 54.6 Å². The van der Waals surface area contributed by atoms with Gasteiger partial charge in [-0.1, -0.05) is 6.08 Å². The molecule has 3 rings (SSSR count). The summed E-state index contributed by atoms with van der Waals surface area (Å²) in [5.74, 6) is -1.27. The molecule has 2 aromatic rings. The van der Waals surface area contributed by atoms with Crippen molar-refractivity contribution in [1.29, 1.82) is 0 Å². The van der Waals surface area contributed by atoms with Gasteiger partial charge in [0.25, 0.3) is 11.8 Å². The molecule has 9 nitrogen and oxygen atoms in total. The number of methoxy groups -OCH3 is 3. The number of ether oxygens (including phenoxy) is 3. The van der Waals surface area contributed by atoms with Crippen molar-refractivity contribution in [2.75, 3.05) is 26.2 Å². The van der Waals surface area contributed by atoms with E-state index in [2.05, 4.69) is 16.6 Å². The van der Waals surface area contributed by atoms with Crippen LogP contribution in [0.3, 0.4) is 0 Å². The molecule has 1 heterocycles. The second-order valence-corrected chi connectivity index (χ2v) is 6.90. The van der Waals surface area contributed by atoms with Gasteiger partial charge in [0.15, 0.2) is 11.5 Å². The molecule has 170 valence electrons. The molecule has 0 spiro atoms. The zero-order chi connectivity index (χ0) is 24.1. The molecule has 1 N–H and O–H groups in total. The normalized spacial score (nSPS) is 14.7. The van der Waals surface area contributed by atoms with E-state index in [9.17, 15) is 19.2 Å². The highest BCUT2D eigenvalue weighted by Gasteiger charge is 2.37. The van der Waals surface area contributed by atoms with Gasteiger partial charge in [0.2, 0.25) is 0 Å². The Hall–Kier alpha value is -4.40. The number of imide groups is 2. The van der Waals surface area contributed by atoms with E-state index in [0.717, 1.165) is 10.5 Å². The second-order valence-electron chi connectivity index (χ2n) is 6.90. The first-order chi connectivity index (χ1) is 15.8. The van der Waals surface area contributed by atoms with Crippen molar-refractivity contribution in [1.82, 2.24) is 5.32 Å². The number of rotatable bonds is 7. The number of allylic oxidation sites excluding steroid dienone is 1. The van der Waals surface area contributed by atoms with Crippen LogP contribution in [-0.2, 0) is 20.7 Å². The highest BCUT2D eigenvalue weighted by molar-refractivity contribution is 6.39. The molecule has 1 aliphatic rings. The fourth-order valence-corrected chi connectivity index (χ4v) is 3.38. The fraction of sp³-hybridized carbons (Fsp3) is 0.167. The van der Waals surface area contributed by atoms with Gasteiger partial charge in [-0.2, -0.15) is 0 Å². The minimum absolute atomic E-state index is 0.184. The molecule has 1 saturated heterocycles. The number of hydrogen-bond acceptors (Lipinski definition) is 7. The lowest BCUT2D eigenvalue weighted by Gasteiger charge is -2.26. The van der Waals surface area contributed by atoms with Crippen molar-refractivity contribution < 1.29 is 33.4 Å². The summed E-state index contributed by atoms with van der Waals surface area (Å²) in [5, 5.41) is 2.16. The Morgan fingerprint density at radius 3 is 2.33 bits per heavy atom. The monoisotopic (exact) mass is 450 g/mol. The fourth-order valence-electron chi connectivity index (χ4n) is 3.38. The number of nitrogens with one attached hydrogen (secondary N) is 1. The standard InChI is InChI=1S/C24H22N2O7/c1-5-6-16-11-14(13-19(31-2)20(16)32-3)12-18-21(27)25-24(30)26(22(18)28)17-9-7-15(8-10-17)23(29)33-4/h5,7-13H,1,6H2,2-4H3,(H,25,27,30)/b18-12+. The van der Waals surface area contributed by atoms with E-state index in [4.69, 9.17) is 9.47 Å². The highest BCUT2D eigenvalue weighted by Crippen LogP contribution is 2.34. The van der Waals surface area contributed by atoms with Crippen molar-refractivity contribution >= 4 is 35.6 Å². The van der Waals surface area contributed by atoms with Gasteiger partial charge in [0, 0.05) is 5.56 Å². The molecule has 33 heavy (non-hydrogen) atoms. The molecule has 9 heteroatoms. The first kappa shape index (κ1) is 23.3. The molecule has 0 aromatic heterocycles. The van der Waals surface area contributed by atoms with Gasteiger partial charge in [-0.3, -0.25) is 14.9 Å². The number of amides is 4. The van der Waals surface area contributed by atoms with Crippen LogP contribution in [0.2, 0.25) is 0 Å². The van der Waals surface area contributed by atoms with Crippen LogP contribution in [0.5, 0.6) is 11.5 Å². The predicted molar refractivity (Wildman–Crippen MR) is 120 cm³/mol. The van der Waals surface area contributed by atoms with E-state index in [0.29, 0.717) is 23.5 Å². The number of hydrogen-bond donors (Lipinski definition) is 1. The Bertz CT molecular complexity index is 1170. The lowest BCUT2D eigenvalue weighted by molar-refractivity contribution is -0.122. The smallest absolute Gasteiger partial charge is 0.337 e. The van der Waals surface area contributed by atoms with E-state index in [-0.39, 0.29) is 16.8 Å². The molecule has 0 unspecified atom stereocenters. The van der Waals surface area contributed by atoms with E-state index in [1.54, 1.807) is 18.2 Å². The molecule has 0 saturated carbocycles. The summed E-state index contributed by atoms with van der Waals surface area (Å²) in [7, 11) is 4.23. The number of carbonyl (C=O) groups is 4. The molecular formula is C24H22N2O7. The van der Waals surface area contributed by atoms with Crippen LogP contribution in [0.25, 0.3) is 6.08 Å². The van der Waals surface area contributed by atoms with Gasteiger partial charge < -0.3 is 14.2 Å². The minimum Gasteiger partial charge on any atom is -0.493 e. The number of barbiturate groups is 1. The Morgan fingerprint density at radius 2 is 1.76 bits per heavy atom. The lowest BCUT2D eigenvalue weighted by atomic mass is 10.0. The Balaban J connectivity index is 2.03. The number of nitrogens with zero attached hydrogens (tertiary/aromatic N) is 1. The highest BCUT2D eigenvalue weighted by atomic mass is 16.5. The number of benzene rings is 2. The van der Waals surface area contributed by atoms with E-state index >= 15 is 0 Å². The molecule has 4 amide bonds. The number of anilines is 1. The summed E-state index contributed by atoms with van der Waals surface area (Å²) in [6, 6.07) is 8.11. The van der Waals surface area contributed by atoms with Gasteiger partial charge in [0.1, 0.15) is 5.57 Å². The topological polar surface area (TPSA) is 111 Å². The molecular weight excluding hydrogens is 428 g/mol. The van der Waals surface area contributed by atoms with Crippen LogP contribution in [0, 0.1) is 0 Å². The summed E-state index contributed by atoms with van der Waals surface area (Å²) in [4.78, 5) is 50.5. The predicted octanol–water partition coefficient (Wildman–Crippen LogP) is 2.89. The van der Waals surface area contributed by atoms with Crippen molar-refractivity contribution in [3.05, 3.63) is 71.3 Å². The maximum Gasteiger partial charge on any atom is 0.337 e. The third kappa shape index (κ3) is 4.62. The maximum atomic E-state index is 13.1. The summed E-state index contributed by atoms with van der Waals surface area (Å²) in [6.07, 6.45) is 3.52. The van der Waals surface area contributed by atoms with Crippen molar-refractivity contribution in [2.45, 2.75) is 6.42 Å². The largest absolute Gasteiger partial charge is 0.493 e. The van der Waals surface area contributed by atoms with E-state index in [1.165, 1.54) is 51.7 Å². The minimum atomic E-state index is -0.896. The van der Waals surface area contributed by atoms with Gasteiger partial charge in [-0.15, -0.1) is 6.58 Å². The number of urea groups is 1.